The molecule has 1 N–H and O–H groups in total. The first-order valence-corrected chi connectivity index (χ1v) is 8.35. The fourth-order valence-corrected chi connectivity index (χ4v) is 3.63. The molecule has 120 valence electrons. The number of carbonyl (C=O) groups excluding carboxylic acids is 2. The van der Waals surface area contributed by atoms with E-state index in [1.54, 1.807) is 28.5 Å². The number of halogens is 2. The summed E-state index contributed by atoms with van der Waals surface area (Å²) >= 11 is 7.20. The summed E-state index contributed by atoms with van der Waals surface area (Å²) in [6.45, 7) is 0.743. The summed E-state index contributed by atoms with van der Waals surface area (Å²) in [6, 6.07) is 7.56. The molecule has 2 heterocycles. The van der Waals surface area contributed by atoms with Gasteiger partial charge < -0.3 is 10.2 Å². The van der Waals surface area contributed by atoms with Gasteiger partial charge in [0.05, 0.1) is 11.1 Å². The number of hydrogen-bond acceptors (Lipinski definition) is 3. The summed E-state index contributed by atoms with van der Waals surface area (Å²) in [4.78, 5) is 26.3. The normalized spacial score (nSPS) is 17.6. The Morgan fingerprint density at radius 2 is 2.26 bits per heavy atom. The summed E-state index contributed by atoms with van der Waals surface area (Å²) < 4.78 is 13.2. The minimum atomic E-state index is -0.327. The third-order valence-corrected chi connectivity index (χ3v) is 4.98. The Kier molecular flexibility index (Phi) is 4.63. The van der Waals surface area contributed by atoms with Gasteiger partial charge in [-0.15, -0.1) is 11.3 Å². The number of nitrogens with one attached hydrogen (secondary N) is 1. The quantitative estimate of drug-likeness (QED) is 0.919. The lowest BCUT2D eigenvalue weighted by molar-refractivity contribution is -0.128. The number of benzene rings is 1. The van der Waals surface area contributed by atoms with Crippen LogP contribution in [0.1, 0.15) is 21.7 Å². The lowest BCUT2D eigenvalue weighted by atomic mass is 10.2. The first-order chi connectivity index (χ1) is 11.0. The van der Waals surface area contributed by atoms with E-state index in [1.807, 2.05) is 0 Å². The third-order valence-electron chi connectivity index (χ3n) is 3.64. The van der Waals surface area contributed by atoms with Crippen molar-refractivity contribution in [2.75, 3.05) is 6.54 Å². The summed E-state index contributed by atoms with van der Waals surface area (Å²) in [7, 11) is 0. The Balaban J connectivity index is 1.61. The van der Waals surface area contributed by atoms with Gasteiger partial charge >= 0.3 is 0 Å². The second-order valence-corrected chi connectivity index (χ2v) is 6.70. The number of rotatable bonds is 4. The number of carbonyl (C=O) groups is 2. The Morgan fingerprint density at radius 3 is 2.96 bits per heavy atom. The summed E-state index contributed by atoms with van der Waals surface area (Å²) in [5, 5.41) is 4.98. The average Bonchev–Trinajstić information content (AvgIpc) is 3.05. The minimum Gasteiger partial charge on any atom is -0.346 e. The molecular formula is C16H14ClFN2O2S. The molecule has 7 heteroatoms. The largest absolute Gasteiger partial charge is 0.346 e. The minimum absolute atomic E-state index is 0.0585. The van der Waals surface area contributed by atoms with Crippen molar-refractivity contribution in [1.82, 2.24) is 10.2 Å². The first kappa shape index (κ1) is 16.0. The van der Waals surface area contributed by atoms with Gasteiger partial charge in [-0.2, -0.15) is 0 Å². The lowest BCUT2D eigenvalue weighted by Gasteiger charge is -2.17. The highest BCUT2D eigenvalue weighted by Crippen LogP contribution is 2.23. The van der Waals surface area contributed by atoms with E-state index in [4.69, 9.17) is 11.6 Å². The SMILES string of the molecule is O=C(N[C@H]1CC(=O)N(Cc2cccc(F)c2)C1)c1sccc1Cl. The van der Waals surface area contributed by atoms with E-state index in [-0.39, 0.29) is 30.1 Å². The summed E-state index contributed by atoms with van der Waals surface area (Å²) in [5.74, 6) is -0.654. The molecule has 0 saturated carbocycles. The van der Waals surface area contributed by atoms with Crippen molar-refractivity contribution in [1.29, 1.82) is 0 Å². The van der Waals surface area contributed by atoms with E-state index in [1.165, 1.54) is 23.5 Å². The van der Waals surface area contributed by atoms with Crippen molar-refractivity contribution in [2.45, 2.75) is 19.0 Å². The third kappa shape index (κ3) is 3.71. The maximum absolute atomic E-state index is 13.2. The predicted molar refractivity (Wildman–Crippen MR) is 87.0 cm³/mol. The van der Waals surface area contributed by atoms with E-state index >= 15 is 0 Å². The molecule has 0 bridgehead atoms. The number of hydrogen-bond donors (Lipinski definition) is 1. The molecule has 1 aromatic carbocycles. The zero-order valence-corrected chi connectivity index (χ0v) is 13.7. The molecule has 0 spiro atoms. The van der Waals surface area contributed by atoms with Gasteiger partial charge in [0.25, 0.3) is 5.91 Å². The molecule has 1 fully saturated rings. The summed E-state index contributed by atoms with van der Waals surface area (Å²) in [5.41, 5.74) is 0.728. The van der Waals surface area contributed by atoms with Gasteiger partial charge in [-0.25, -0.2) is 4.39 Å². The van der Waals surface area contributed by atoms with E-state index in [2.05, 4.69) is 5.32 Å². The van der Waals surface area contributed by atoms with Gasteiger partial charge in [-0.1, -0.05) is 23.7 Å². The molecule has 1 saturated heterocycles. The van der Waals surface area contributed by atoms with E-state index in [0.717, 1.165) is 5.56 Å². The van der Waals surface area contributed by atoms with Gasteiger partial charge in [0.15, 0.2) is 0 Å². The van der Waals surface area contributed by atoms with Crippen molar-refractivity contribution in [3.05, 3.63) is 57.0 Å². The van der Waals surface area contributed by atoms with Crippen molar-refractivity contribution < 1.29 is 14.0 Å². The van der Waals surface area contributed by atoms with Gasteiger partial charge in [-0.3, -0.25) is 9.59 Å². The number of likely N-dealkylation sites (tertiary alicyclic amines) is 1. The van der Waals surface area contributed by atoms with E-state index in [9.17, 15) is 14.0 Å². The van der Waals surface area contributed by atoms with Crippen LogP contribution in [0.5, 0.6) is 0 Å². The van der Waals surface area contributed by atoms with Crippen LogP contribution in [-0.2, 0) is 11.3 Å². The van der Waals surface area contributed by atoms with Crippen LogP contribution in [0.4, 0.5) is 4.39 Å². The van der Waals surface area contributed by atoms with Gasteiger partial charge in [0.2, 0.25) is 5.91 Å². The van der Waals surface area contributed by atoms with Gasteiger partial charge in [-0.05, 0) is 29.1 Å². The monoisotopic (exact) mass is 352 g/mol. The zero-order valence-electron chi connectivity index (χ0n) is 12.1. The van der Waals surface area contributed by atoms with Crippen LogP contribution in [0.3, 0.4) is 0 Å². The highest BCUT2D eigenvalue weighted by atomic mass is 35.5. The molecule has 3 rings (SSSR count). The molecular weight excluding hydrogens is 339 g/mol. The highest BCUT2D eigenvalue weighted by Gasteiger charge is 2.31. The van der Waals surface area contributed by atoms with E-state index < -0.39 is 0 Å². The van der Waals surface area contributed by atoms with Crippen molar-refractivity contribution in [3.8, 4) is 0 Å². The molecule has 0 unspecified atom stereocenters. The maximum Gasteiger partial charge on any atom is 0.263 e. The molecule has 0 radical (unpaired) electrons. The average molecular weight is 353 g/mol. The second-order valence-electron chi connectivity index (χ2n) is 5.38. The molecule has 1 atom stereocenters. The molecule has 0 aliphatic carbocycles. The zero-order chi connectivity index (χ0) is 16.4. The Bertz CT molecular complexity index is 749. The number of amides is 2. The van der Waals surface area contributed by atoms with Gasteiger partial charge in [0.1, 0.15) is 10.7 Å². The molecule has 4 nitrogen and oxygen atoms in total. The van der Waals surface area contributed by atoms with Crippen LogP contribution in [0.25, 0.3) is 0 Å². The van der Waals surface area contributed by atoms with Crippen LogP contribution < -0.4 is 5.32 Å². The molecule has 1 aliphatic rings. The Labute approximate surface area is 141 Å². The van der Waals surface area contributed by atoms with Gasteiger partial charge in [0, 0.05) is 19.5 Å². The second kappa shape index (κ2) is 6.68. The van der Waals surface area contributed by atoms with Crippen LogP contribution in [-0.4, -0.2) is 29.3 Å². The topological polar surface area (TPSA) is 49.4 Å². The molecule has 1 aromatic heterocycles. The number of nitrogens with zero attached hydrogens (tertiary/aromatic N) is 1. The molecule has 2 amide bonds. The van der Waals surface area contributed by atoms with Crippen LogP contribution in [0, 0.1) is 5.82 Å². The van der Waals surface area contributed by atoms with Crippen LogP contribution in [0.15, 0.2) is 35.7 Å². The van der Waals surface area contributed by atoms with E-state index in [0.29, 0.717) is 23.0 Å². The maximum atomic E-state index is 13.2. The number of thiophene rings is 1. The van der Waals surface area contributed by atoms with Crippen LogP contribution in [0.2, 0.25) is 5.02 Å². The fraction of sp³-hybridized carbons (Fsp3) is 0.250. The standard InChI is InChI=1S/C16H14ClFN2O2S/c17-13-4-5-23-15(13)16(22)19-12-7-14(21)20(9-12)8-10-2-1-3-11(18)6-10/h1-6,12H,7-9H2,(H,19,22)/t12-/m0/s1. The predicted octanol–water partition coefficient (Wildman–Crippen LogP) is 3.07. The first-order valence-electron chi connectivity index (χ1n) is 7.09. The fourth-order valence-electron chi connectivity index (χ4n) is 2.58. The summed E-state index contributed by atoms with van der Waals surface area (Å²) in [6.07, 6.45) is 0.240. The van der Waals surface area contributed by atoms with Crippen molar-refractivity contribution in [3.63, 3.8) is 0 Å². The molecule has 2 aromatic rings. The van der Waals surface area contributed by atoms with Crippen molar-refractivity contribution in [2.24, 2.45) is 0 Å². The molecule has 1 aliphatic heterocycles. The highest BCUT2D eigenvalue weighted by molar-refractivity contribution is 7.12. The Morgan fingerprint density at radius 1 is 1.43 bits per heavy atom. The van der Waals surface area contributed by atoms with Crippen LogP contribution >= 0.6 is 22.9 Å². The molecule has 23 heavy (non-hydrogen) atoms. The Hall–Kier alpha value is -1.92. The van der Waals surface area contributed by atoms with Crippen molar-refractivity contribution >= 4 is 34.8 Å². The smallest absolute Gasteiger partial charge is 0.263 e. The lowest BCUT2D eigenvalue weighted by Crippen LogP contribution is -2.36.